The van der Waals surface area contributed by atoms with Gasteiger partial charge in [-0.2, -0.15) is 0 Å². The number of sulfonamides is 2. The monoisotopic (exact) mass is 497 g/mol. The molecule has 0 unspecified atom stereocenters. The average molecular weight is 498 g/mol. The minimum absolute atomic E-state index is 0.0249. The van der Waals surface area contributed by atoms with Gasteiger partial charge in [-0.25, -0.2) is 26.3 Å². The summed E-state index contributed by atoms with van der Waals surface area (Å²) in [6.07, 6.45) is 0. The van der Waals surface area contributed by atoms with Gasteiger partial charge in [0.15, 0.2) is 0 Å². The van der Waals surface area contributed by atoms with E-state index in [9.17, 15) is 32.3 Å². The Morgan fingerprint density at radius 2 is 1.09 bits per heavy atom. The summed E-state index contributed by atoms with van der Waals surface area (Å²) in [6.45, 7) is 5.30. The third-order valence-electron chi connectivity index (χ3n) is 5.11. The molecule has 3 rings (SSSR count). The minimum atomic E-state index is -4.00. The molecule has 180 valence electrons. The number of benzene rings is 2. The number of aliphatic hydroxyl groups is 2. The van der Waals surface area contributed by atoms with Gasteiger partial charge in [-0.05, 0) is 63.1 Å². The van der Waals surface area contributed by atoms with E-state index in [0.29, 0.717) is 22.3 Å². The number of fused-ring (bicyclic) bond motifs is 3. The maximum atomic E-state index is 12.8. The Balaban J connectivity index is 2.06. The second kappa shape index (κ2) is 8.46. The highest BCUT2D eigenvalue weighted by molar-refractivity contribution is 7.89. The molecule has 0 aromatic heterocycles. The maximum absolute atomic E-state index is 12.8. The molecule has 2 aromatic rings. The molecular weight excluding hydrogens is 470 g/mol. The zero-order chi connectivity index (χ0) is 24.8. The second-order valence-electron chi connectivity index (χ2n) is 9.16. The van der Waals surface area contributed by atoms with Crippen LogP contribution < -0.4 is 9.44 Å². The van der Waals surface area contributed by atoms with Crippen molar-refractivity contribution in [2.24, 2.45) is 5.16 Å². The summed E-state index contributed by atoms with van der Waals surface area (Å²) in [5.74, 6) is 0. The summed E-state index contributed by atoms with van der Waals surface area (Å²) < 4.78 is 56.0. The Labute approximate surface area is 193 Å². The lowest BCUT2D eigenvalue weighted by Crippen LogP contribution is -2.46. The van der Waals surface area contributed by atoms with Crippen LogP contribution in [0.1, 0.15) is 38.8 Å². The zero-order valence-corrected chi connectivity index (χ0v) is 20.2. The van der Waals surface area contributed by atoms with E-state index < -0.39 is 44.3 Å². The molecule has 0 aliphatic heterocycles. The van der Waals surface area contributed by atoms with Gasteiger partial charge >= 0.3 is 0 Å². The molecule has 33 heavy (non-hydrogen) atoms. The lowest BCUT2D eigenvalue weighted by molar-refractivity contribution is 0.208. The van der Waals surface area contributed by atoms with Gasteiger partial charge in [0.05, 0.1) is 34.1 Å². The molecule has 2 aromatic carbocycles. The fraction of sp³-hybridized carbons (Fsp3) is 0.381. The third kappa shape index (κ3) is 4.95. The number of aliphatic hydroxyl groups excluding tert-OH is 2. The maximum Gasteiger partial charge on any atom is 0.241 e. The second-order valence-corrected chi connectivity index (χ2v) is 12.5. The molecule has 5 N–H and O–H groups in total. The van der Waals surface area contributed by atoms with Crippen LogP contribution in [0.3, 0.4) is 0 Å². The van der Waals surface area contributed by atoms with Crippen molar-refractivity contribution in [3.8, 4) is 11.1 Å². The first-order valence-electron chi connectivity index (χ1n) is 9.97. The first-order chi connectivity index (χ1) is 15.2. The van der Waals surface area contributed by atoms with Crippen LogP contribution in [0.5, 0.6) is 0 Å². The van der Waals surface area contributed by atoms with Crippen LogP contribution in [-0.4, -0.2) is 62.3 Å². The lowest BCUT2D eigenvalue weighted by atomic mass is 10.1. The van der Waals surface area contributed by atoms with Gasteiger partial charge in [0.1, 0.15) is 5.71 Å². The van der Waals surface area contributed by atoms with Crippen molar-refractivity contribution >= 4 is 25.8 Å². The van der Waals surface area contributed by atoms with Crippen LogP contribution in [0, 0.1) is 0 Å². The molecule has 0 radical (unpaired) electrons. The van der Waals surface area contributed by atoms with Gasteiger partial charge in [0, 0.05) is 11.1 Å². The van der Waals surface area contributed by atoms with E-state index in [1.54, 1.807) is 12.1 Å². The molecule has 0 spiro atoms. The van der Waals surface area contributed by atoms with Gasteiger partial charge in [-0.15, -0.1) is 0 Å². The van der Waals surface area contributed by atoms with Crippen LogP contribution in [0.25, 0.3) is 11.1 Å². The largest absolute Gasteiger partial charge is 0.410 e. The predicted octanol–water partition coefficient (Wildman–Crippen LogP) is 0.992. The summed E-state index contributed by atoms with van der Waals surface area (Å²) in [5.41, 5.74) is -0.375. The molecule has 1 aliphatic carbocycles. The number of rotatable bonds is 8. The summed E-state index contributed by atoms with van der Waals surface area (Å²) in [6, 6.07) is 8.54. The molecular formula is C21H27N3O7S2. The van der Waals surface area contributed by atoms with Crippen LogP contribution in [-0.2, 0) is 20.0 Å². The van der Waals surface area contributed by atoms with Crippen LogP contribution in [0.2, 0.25) is 0 Å². The highest BCUT2D eigenvalue weighted by Crippen LogP contribution is 2.39. The van der Waals surface area contributed by atoms with Crippen LogP contribution in [0.4, 0.5) is 0 Å². The van der Waals surface area contributed by atoms with E-state index >= 15 is 0 Å². The Bertz CT molecular complexity index is 1230. The average Bonchev–Trinajstić information content (AvgIpc) is 3.04. The molecule has 0 fully saturated rings. The van der Waals surface area contributed by atoms with Crippen molar-refractivity contribution in [3.63, 3.8) is 0 Å². The van der Waals surface area contributed by atoms with Gasteiger partial charge in [-0.3, -0.25) is 0 Å². The van der Waals surface area contributed by atoms with Crippen molar-refractivity contribution in [1.82, 2.24) is 9.44 Å². The van der Waals surface area contributed by atoms with E-state index in [-0.39, 0.29) is 15.5 Å². The van der Waals surface area contributed by atoms with E-state index in [4.69, 9.17) is 0 Å². The van der Waals surface area contributed by atoms with Crippen LogP contribution in [0.15, 0.2) is 51.3 Å². The zero-order valence-electron chi connectivity index (χ0n) is 18.6. The molecule has 0 atom stereocenters. The molecule has 0 saturated carbocycles. The quantitative estimate of drug-likeness (QED) is 0.229. The van der Waals surface area contributed by atoms with Crippen LogP contribution >= 0.6 is 0 Å². The number of hydrogen-bond donors (Lipinski definition) is 5. The minimum Gasteiger partial charge on any atom is -0.410 e. The Morgan fingerprint density at radius 3 is 1.39 bits per heavy atom. The summed E-state index contributed by atoms with van der Waals surface area (Å²) in [7, 11) is -8.00. The topological polar surface area (TPSA) is 165 Å². The normalized spacial score (nSPS) is 14.2. The third-order valence-corrected chi connectivity index (χ3v) is 8.51. The predicted molar refractivity (Wildman–Crippen MR) is 122 cm³/mol. The fourth-order valence-electron chi connectivity index (χ4n) is 3.41. The van der Waals surface area contributed by atoms with E-state index in [1.807, 2.05) is 0 Å². The summed E-state index contributed by atoms with van der Waals surface area (Å²) in [4.78, 5) is -0.202. The Morgan fingerprint density at radius 1 is 0.727 bits per heavy atom. The molecule has 0 amide bonds. The SMILES string of the molecule is CC(C)(CO)NS(=O)(=O)c1ccc2c(c1)C(=NO)c1cc(S(=O)(=O)NC(C)(C)CO)ccc1-2. The number of hydrogen-bond acceptors (Lipinski definition) is 8. The summed E-state index contributed by atoms with van der Waals surface area (Å²) >= 11 is 0. The molecule has 10 nitrogen and oxygen atoms in total. The van der Waals surface area contributed by atoms with Gasteiger partial charge < -0.3 is 15.4 Å². The Hall–Kier alpha value is -2.35. The lowest BCUT2D eigenvalue weighted by Gasteiger charge is -2.23. The highest BCUT2D eigenvalue weighted by Gasteiger charge is 2.32. The number of nitrogens with zero attached hydrogens (tertiary/aromatic N) is 1. The van der Waals surface area contributed by atoms with Gasteiger partial charge in [0.25, 0.3) is 0 Å². The van der Waals surface area contributed by atoms with Gasteiger partial charge in [0.2, 0.25) is 20.0 Å². The first-order valence-corrected chi connectivity index (χ1v) is 12.9. The first kappa shape index (κ1) is 25.3. The van der Waals surface area contributed by atoms with Crippen molar-refractivity contribution in [2.45, 2.75) is 48.6 Å². The van der Waals surface area contributed by atoms with Crippen molar-refractivity contribution in [1.29, 1.82) is 0 Å². The number of nitrogens with one attached hydrogen (secondary N) is 2. The molecule has 0 heterocycles. The van der Waals surface area contributed by atoms with Crippen molar-refractivity contribution < 1.29 is 32.3 Å². The molecule has 12 heteroatoms. The summed E-state index contributed by atoms with van der Waals surface area (Å²) in [5, 5.41) is 31.8. The Kier molecular flexibility index (Phi) is 6.48. The standard InChI is InChI=1S/C21H27N3O7S2/c1-20(2,11-25)23-32(28,29)13-5-7-15-16-8-6-14(33(30,31)24-21(3,4)12-26)10-18(16)19(22-27)17(15)9-13/h5-10,23-27H,11-12H2,1-4H3. The molecule has 0 bridgehead atoms. The molecule has 0 saturated heterocycles. The van der Waals surface area contributed by atoms with Crippen molar-refractivity contribution in [3.05, 3.63) is 47.5 Å². The number of oxime groups is 1. The fourth-order valence-corrected chi connectivity index (χ4v) is 6.27. The van der Waals surface area contributed by atoms with Gasteiger partial charge in [-0.1, -0.05) is 17.3 Å². The van der Waals surface area contributed by atoms with Crippen molar-refractivity contribution in [2.75, 3.05) is 13.2 Å². The van der Waals surface area contributed by atoms with E-state index in [2.05, 4.69) is 14.6 Å². The molecule has 1 aliphatic rings. The smallest absolute Gasteiger partial charge is 0.241 e. The van der Waals surface area contributed by atoms with E-state index in [1.165, 1.54) is 52.0 Å². The highest BCUT2D eigenvalue weighted by atomic mass is 32.2. The van der Waals surface area contributed by atoms with E-state index in [0.717, 1.165) is 0 Å².